The lowest BCUT2D eigenvalue weighted by Gasteiger charge is -2.13. The number of para-hydroxylation sites is 2. The number of fused-ring (bicyclic) bond motifs is 1. The van der Waals surface area contributed by atoms with Crippen LogP contribution in [0.5, 0.6) is 17.4 Å². The van der Waals surface area contributed by atoms with Gasteiger partial charge in [-0.1, -0.05) is 24.3 Å². The second-order valence-electron chi connectivity index (χ2n) is 6.89. The lowest BCUT2D eigenvalue weighted by atomic mass is 10.2. The molecule has 31 heavy (non-hydrogen) atoms. The zero-order chi connectivity index (χ0) is 21.8. The Bertz CT molecular complexity index is 1260. The summed E-state index contributed by atoms with van der Waals surface area (Å²) in [5.74, 6) is 0.859. The number of hydrogen-bond acceptors (Lipinski definition) is 6. The average Bonchev–Trinajstić information content (AvgIpc) is 3.13. The van der Waals surface area contributed by atoms with Crippen LogP contribution in [0, 0.1) is 0 Å². The van der Waals surface area contributed by atoms with Gasteiger partial charge < -0.3 is 19.2 Å². The fraction of sp³-hybridized carbons (Fsp3) is 0.174. The Kier molecular flexibility index (Phi) is 5.70. The summed E-state index contributed by atoms with van der Waals surface area (Å²) in [6.45, 7) is 1.92. The quantitative estimate of drug-likeness (QED) is 0.491. The Morgan fingerprint density at radius 2 is 1.94 bits per heavy atom. The van der Waals surface area contributed by atoms with Crippen molar-refractivity contribution < 1.29 is 18.7 Å². The molecule has 0 saturated carbocycles. The van der Waals surface area contributed by atoms with Gasteiger partial charge in [0.15, 0.2) is 5.58 Å². The van der Waals surface area contributed by atoms with Gasteiger partial charge in [-0.05, 0) is 36.8 Å². The van der Waals surface area contributed by atoms with Crippen molar-refractivity contribution in [3.05, 3.63) is 83.0 Å². The molecule has 8 nitrogen and oxygen atoms in total. The molecule has 0 fully saturated rings. The maximum atomic E-state index is 12.6. The zero-order valence-electron chi connectivity index (χ0n) is 17.1. The van der Waals surface area contributed by atoms with Crippen LogP contribution in [0.2, 0.25) is 0 Å². The summed E-state index contributed by atoms with van der Waals surface area (Å²) in [5, 5.41) is 2.83. The van der Waals surface area contributed by atoms with Gasteiger partial charge in [0.1, 0.15) is 17.5 Å². The highest BCUT2D eigenvalue weighted by Gasteiger charge is 2.21. The minimum Gasteiger partial charge on any atom is -0.497 e. The summed E-state index contributed by atoms with van der Waals surface area (Å²) < 4.78 is 17.4. The monoisotopic (exact) mass is 419 g/mol. The lowest BCUT2D eigenvalue weighted by Crippen LogP contribution is -2.34. The number of nitrogens with zero attached hydrogens (tertiary/aromatic N) is 2. The second kappa shape index (κ2) is 8.74. The van der Waals surface area contributed by atoms with Crippen LogP contribution in [0.15, 0.2) is 76.1 Å². The summed E-state index contributed by atoms with van der Waals surface area (Å²) in [5.41, 5.74) is 1.82. The van der Waals surface area contributed by atoms with Gasteiger partial charge in [0.2, 0.25) is 11.8 Å². The summed E-state index contributed by atoms with van der Waals surface area (Å²) in [4.78, 5) is 29.1. The first-order valence-electron chi connectivity index (χ1n) is 9.70. The number of methoxy groups -OCH3 is 1. The Labute approximate surface area is 178 Å². The van der Waals surface area contributed by atoms with Crippen molar-refractivity contribution >= 4 is 17.0 Å². The number of amides is 1. The maximum Gasteiger partial charge on any atom is 0.420 e. The van der Waals surface area contributed by atoms with Crippen molar-refractivity contribution in [2.75, 3.05) is 7.11 Å². The Morgan fingerprint density at radius 3 is 2.71 bits per heavy atom. The number of nitrogens with one attached hydrogen (secondary N) is 1. The van der Waals surface area contributed by atoms with Gasteiger partial charge in [-0.15, -0.1) is 0 Å². The molecule has 8 heteroatoms. The van der Waals surface area contributed by atoms with Gasteiger partial charge in [-0.25, -0.2) is 9.78 Å². The van der Waals surface area contributed by atoms with E-state index in [0.29, 0.717) is 28.5 Å². The van der Waals surface area contributed by atoms with E-state index in [1.165, 1.54) is 4.57 Å². The fourth-order valence-corrected chi connectivity index (χ4v) is 3.17. The van der Waals surface area contributed by atoms with Gasteiger partial charge in [0.05, 0.1) is 12.6 Å². The Morgan fingerprint density at radius 1 is 1.13 bits per heavy atom. The van der Waals surface area contributed by atoms with E-state index in [4.69, 9.17) is 13.9 Å². The zero-order valence-corrected chi connectivity index (χ0v) is 17.1. The molecule has 0 aliphatic carbocycles. The molecule has 1 N–H and O–H groups in total. The number of pyridine rings is 1. The third-order valence-corrected chi connectivity index (χ3v) is 4.81. The topological polar surface area (TPSA) is 95.6 Å². The molecule has 2 aromatic heterocycles. The van der Waals surface area contributed by atoms with Crippen molar-refractivity contribution in [1.29, 1.82) is 0 Å². The number of carbonyl (C=O) groups is 1. The first-order valence-corrected chi connectivity index (χ1v) is 9.70. The van der Waals surface area contributed by atoms with Crippen LogP contribution < -0.4 is 20.5 Å². The van der Waals surface area contributed by atoms with E-state index in [2.05, 4.69) is 10.3 Å². The van der Waals surface area contributed by atoms with Gasteiger partial charge in [0.25, 0.3) is 0 Å². The summed E-state index contributed by atoms with van der Waals surface area (Å²) >= 11 is 0. The van der Waals surface area contributed by atoms with Crippen LogP contribution in [-0.2, 0) is 11.3 Å². The third kappa shape index (κ3) is 4.42. The van der Waals surface area contributed by atoms with Crippen molar-refractivity contribution in [3.8, 4) is 17.4 Å². The van der Waals surface area contributed by atoms with Crippen LogP contribution in [0.3, 0.4) is 0 Å². The summed E-state index contributed by atoms with van der Waals surface area (Å²) in [6, 6.07) is 17.0. The molecule has 0 bridgehead atoms. The number of oxazole rings is 1. The minimum absolute atomic E-state index is 0.264. The molecule has 0 aliphatic rings. The fourth-order valence-electron chi connectivity index (χ4n) is 3.17. The molecule has 0 spiro atoms. The van der Waals surface area contributed by atoms with Crippen molar-refractivity contribution in [3.63, 3.8) is 0 Å². The highest BCUT2D eigenvalue weighted by molar-refractivity contribution is 5.82. The molecular formula is C23H21N3O5. The summed E-state index contributed by atoms with van der Waals surface area (Å²) in [6.07, 6.45) is 1.62. The van der Waals surface area contributed by atoms with Gasteiger partial charge in [-0.3, -0.25) is 9.36 Å². The predicted octanol–water partition coefficient (Wildman–Crippen LogP) is 3.67. The largest absolute Gasteiger partial charge is 0.497 e. The smallest absolute Gasteiger partial charge is 0.420 e. The SMILES string of the molecule is COc1cccc(Oc2ccc(CNC(=O)C(C)n3c(=O)oc4ccccc43)cn2)c1. The molecule has 158 valence electrons. The number of rotatable bonds is 7. The predicted molar refractivity (Wildman–Crippen MR) is 114 cm³/mol. The van der Waals surface area contributed by atoms with Crippen LogP contribution in [0.1, 0.15) is 18.5 Å². The molecule has 2 heterocycles. The molecule has 0 aliphatic heterocycles. The molecular weight excluding hydrogens is 398 g/mol. The molecule has 2 aromatic carbocycles. The maximum absolute atomic E-state index is 12.6. The van der Waals surface area contributed by atoms with E-state index < -0.39 is 11.8 Å². The van der Waals surface area contributed by atoms with E-state index in [1.807, 2.05) is 18.2 Å². The van der Waals surface area contributed by atoms with Crippen molar-refractivity contribution in [2.24, 2.45) is 0 Å². The van der Waals surface area contributed by atoms with Gasteiger partial charge in [-0.2, -0.15) is 0 Å². The normalized spacial score (nSPS) is 11.8. The highest BCUT2D eigenvalue weighted by atomic mass is 16.5. The van der Waals surface area contributed by atoms with Crippen LogP contribution in [0.4, 0.5) is 0 Å². The third-order valence-electron chi connectivity index (χ3n) is 4.81. The molecule has 4 rings (SSSR count). The van der Waals surface area contributed by atoms with Gasteiger partial charge >= 0.3 is 5.76 Å². The van der Waals surface area contributed by atoms with Crippen molar-refractivity contribution in [2.45, 2.75) is 19.5 Å². The molecule has 1 unspecified atom stereocenters. The number of aromatic nitrogens is 2. The number of carbonyl (C=O) groups excluding carboxylic acids is 1. The van der Waals surface area contributed by atoms with Gasteiger partial charge in [0, 0.05) is 24.9 Å². The second-order valence-corrected chi connectivity index (χ2v) is 6.89. The number of benzene rings is 2. The molecule has 4 aromatic rings. The van der Waals surface area contributed by atoms with E-state index in [-0.39, 0.29) is 12.5 Å². The Hall–Kier alpha value is -4.07. The molecule has 1 amide bonds. The number of ether oxygens (including phenoxy) is 2. The van der Waals surface area contributed by atoms with E-state index in [0.717, 1.165) is 5.56 Å². The highest BCUT2D eigenvalue weighted by Crippen LogP contribution is 2.24. The average molecular weight is 419 g/mol. The van der Waals surface area contributed by atoms with Crippen LogP contribution >= 0.6 is 0 Å². The first-order chi connectivity index (χ1) is 15.0. The minimum atomic E-state index is -0.722. The van der Waals surface area contributed by atoms with E-state index in [9.17, 15) is 9.59 Å². The van der Waals surface area contributed by atoms with Crippen LogP contribution in [0.25, 0.3) is 11.1 Å². The molecule has 0 saturated heterocycles. The standard InChI is InChI=1S/C23H21N3O5/c1-15(26-19-8-3-4-9-20(19)31-23(26)28)22(27)25-14-16-10-11-21(24-13-16)30-18-7-5-6-17(12-18)29-2/h3-13,15H,14H2,1-2H3,(H,25,27). The molecule has 0 radical (unpaired) electrons. The lowest BCUT2D eigenvalue weighted by molar-refractivity contribution is -0.124. The van der Waals surface area contributed by atoms with E-state index in [1.54, 1.807) is 62.7 Å². The first kappa shape index (κ1) is 20.2. The van der Waals surface area contributed by atoms with Crippen molar-refractivity contribution in [1.82, 2.24) is 14.9 Å². The van der Waals surface area contributed by atoms with Crippen LogP contribution in [-0.4, -0.2) is 22.6 Å². The summed E-state index contributed by atoms with van der Waals surface area (Å²) in [7, 11) is 1.59. The number of hydrogen-bond donors (Lipinski definition) is 1. The Balaban J connectivity index is 1.39. The van der Waals surface area contributed by atoms with E-state index >= 15 is 0 Å². The molecule has 1 atom stereocenters.